The molecule has 1 fully saturated rings. The third kappa shape index (κ3) is 3.94. The van der Waals surface area contributed by atoms with Crippen LogP contribution in [0.25, 0.3) is 0 Å². The summed E-state index contributed by atoms with van der Waals surface area (Å²) in [6.07, 6.45) is 2.46. The Balaban J connectivity index is 2.53. The zero-order chi connectivity index (χ0) is 12.8. The van der Waals surface area contributed by atoms with Gasteiger partial charge in [-0.25, -0.2) is 0 Å². The number of rotatable bonds is 5. The lowest BCUT2D eigenvalue weighted by Crippen LogP contribution is -2.56. The van der Waals surface area contributed by atoms with Crippen molar-refractivity contribution in [2.24, 2.45) is 5.73 Å². The molecular formula is C12H24N2O3. The second kappa shape index (κ2) is 6.93. The second-order valence-corrected chi connectivity index (χ2v) is 4.73. The molecule has 0 saturated carbocycles. The average molecular weight is 244 g/mol. The Kier molecular flexibility index (Phi) is 5.88. The Morgan fingerprint density at radius 1 is 1.65 bits per heavy atom. The highest BCUT2D eigenvalue weighted by molar-refractivity contribution is 5.82. The molecule has 0 aromatic rings. The maximum atomic E-state index is 12.1. The SMILES string of the molecule is CCCCC(N)C(=O)N1CC(CO)OCC1C. The summed E-state index contributed by atoms with van der Waals surface area (Å²) in [4.78, 5) is 13.9. The van der Waals surface area contributed by atoms with Crippen LogP contribution in [-0.2, 0) is 9.53 Å². The predicted molar refractivity (Wildman–Crippen MR) is 65.5 cm³/mol. The molecule has 0 bridgehead atoms. The van der Waals surface area contributed by atoms with E-state index in [2.05, 4.69) is 6.92 Å². The first-order valence-electron chi connectivity index (χ1n) is 6.38. The van der Waals surface area contributed by atoms with Crippen molar-refractivity contribution in [1.82, 2.24) is 4.90 Å². The molecule has 0 spiro atoms. The second-order valence-electron chi connectivity index (χ2n) is 4.73. The van der Waals surface area contributed by atoms with E-state index < -0.39 is 6.04 Å². The minimum Gasteiger partial charge on any atom is -0.394 e. The maximum Gasteiger partial charge on any atom is 0.239 e. The van der Waals surface area contributed by atoms with Gasteiger partial charge in [0.1, 0.15) is 0 Å². The van der Waals surface area contributed by atoms with Crippen LogP contribution >= 0.6 is 0 Å². The van der Waals surface area contributed by atoms with Crippen molar-refractivity contribution in [1.29, 1.82) is 0 Å². The van der Waals surface area contributed by atoms with Gasteiger partial charge in [-0.15, -0.1) is 0 Å². The van der Waals surface area contributed by atoms with Gasteiger partial charge in [-0.1, -0.05) is 19.8 Å². The van der Waals surface area contributed by atoms with Gasteiger partial charge >= 0.3 is 0 Å². The van der Waals surface area contributed by atoms with Crippen LogP contribution in [0.2, 0.25) is 0 Å². The number of aliphatic hydroxyl groups is 1. The highest BCUT2D eigenvalue weighted by atomic mass is 16.5. The van der Waals surface area contributed by atoms with Gasteiger partial charge < -0.3 is 20.5 Å². The van der Waals surface area contributed by atoms with E-state index in [4.69, 9.17) is 15.6 Å². The van der Waals surface area contributed by atoms with Gasteiger partial charge in [-0.2, -0.15) is 0 Å². The van der Waals surface area contributed by atoms with Gasteiger partial charge in [0.2, 0.25) is 5.91 Å². The lowest BCUT2D eigenvalue weighted by Gasteiger charge is -2.38. The summed E-state index contributed by atoms with van der Waals surface area (Å²) in [5, 5.41) is 9.06. The fraction of sp³-hybridized carbons (Fsp3) is 0.917. The van der Waals surface area contributed by atoms with E-state index >= 15 is 0 Å². The van der Waals surface area contributed by atoms with Crippen molar-refractivity contribution in [2.75, 3.05) is 19.8 Å². The number of nitrogens with zero attached hydrogens (tertiary/aromatic N) is 1. The van der Waals surface area contributed by atoms with Gasteiger partial charge in [0.05, 0.1) is 31.4 Å². The lowest BCUT2D eigenvalue weighted by molar-refractivity contribution is -0.147. The molecule has 1 aliphatic heterocycles. The van der Waals surface area contributed by atoms with Crippen LogP contribution in [0.4, 0.5) is 0 Å². The molecule has 3 N–H and O–H groups in total. The van der Waals surface area contributed by atoms with Crippen molar-refractivity contribution in [3.8, 4) is 0 Å². The van der Waals surface area contributed by atoms with Crippen LogP contribution in [0.5, 0.6) is 0 Å². The van der Waals surface area contributed by atoms with Crippen LogP contribution in [0, 0.1) is 0 Å². The van der Waals surface area contributed by atoms with E-state index in [0.29, 0.717) is 13.2 Å². The predicted octanol–water partition coefficient (Wildman–Crippen LogP) is 0.112. The van der Waals surface area contributed by atoms with Crippen LogP contribution in [0.15, 0.2) is 0 Å². The maximum absolute atomic E-state index is 12.1. The summed E-state index contributed by atoms with van der Waals surface area (Å²) >= 11 is 0. The summed E-state index contributed by atoms with van der Waals surface area (Å²) in [7, 11) is 0. The number of hydrogen-bond acceptors (Lipinski definition) is 4. The van der Waals surface area contributed by atoms with Gasteiger partial charge in [0.15, 0.2) is 0 Å². The number of hydrogen-bond donors (Lipinski definition) is 2. The number of unbranched alkanes of at least 4 members (excludes halogenated alkanes) is 1. The fourth-order valence-corrected chi connectivity index (χ4v) is 2.00. The van der Waals surface area contributed by atoms with Crippen molar-refractivity contribution in [3.05, 3.63) is 0 Å². The quantitative estimate of drug-likeness (QED) is 0.720. The van der Waals surface area contributed by atoms with E-state index in [1.807, 2.05) is 6.92 Å². The Hall–Kier alpha value is -0.650. The largest absolute Gasteiger partial charge is 0.394 e. The van der Waals surface area contributed by atoms with E-state index in [1.54, 1.807) is 4.90 Å². The number of ether oxygens (including phenoxy) is 1. The molecule has 1 heterocycles. The summed E-state index contributed by atoms with van der Waals surface area (Å²) < 4.78 is 5.40. The number of carbonyl (C=O) groups is 1. The first-order valence-corrected chi connectivity index (χ1v) is 6.38. The van der Waals surface area contributed by atoms with E-state index in [-0.39, 0.29) is 24.7 Å². The van der Waals surface area contributed by atoms with E-state index in [1.165, 1.54) is 0 Å². The standard InChI is InChI=1S/C12H24N2O3/c1-3-4-5-11(13)12(16)14-6-10(7-15)17-8-9(14)2/h9-11,15H,3-8,13H2,1-2H3. The molecule has 17 heavy (non-hydrogen) atoms. The van der Waals surface area contributed by atoms with Crippen LogP contribution in [-0.4, -0.2) is 53.9 Å². The molecule has 1 rings (SSSR count). The Labute approximate surface area is 103 Å². The molecule has 1 saturated heterocycles. The molecule has 0 aromatic carbocycles. The number of nitrogens with two attached hydrogens (primary N) is 1. The van der Waals surface area contributed by atoms with Crippen LogP contribution in [0.1, 0.15) is 33.1 Å². The van der Waals surface area contributed by atoms with E-state index in [9.17, 15) is 4.79 Å². The molecule has 1 amide bonds. The molecule has 3 unspecified atom stereocenters. The third-order valence-corrected chi connectivity index (χ3v) is 3.18. The highest BCUT2D eigenvalue weighted by Gasteiger charge is 2.31. The third-order valence-electron chi connectivity index (χ3n) is 3.18. The van der Waals surface area contributed by atoms with Gasteiger partial charge in [0, 0.05) is 6.54 Å². The Morgan fingerprint density at radius 3 is 2.94 bits per heavy atom. The number of morpholine rings is 1. The first-order chi connectivity index (χ1) is 8.10. The molecule has 0 aliphatic carbocycles. The zero-order valence-corrected chi connectivity index (χ0v) is 10.8. The fourth-order valence-electron chi connectivity index (χ4n) is 2.00. The molecular weight excluding hydrogens is 220 g/mol. The number of carbonyl (C=O) groups excluding carboxylic acids is 1. The van der Waals surface area contributed by atoms with Crippen molar-refractivity contribution >= 4 is 5.91 Å². The van der Waals surface area contributed by atoms with Gasteiger partial charge in [-0.05, 0) is 13.3 Å². The minimum atomic E-state index is -0.421. The van der Waals surface area contributed by atoms with Crippen LogP contribution < -0.4 is 5.73 Å². The first kappa shape index (κ1) is 14.4. The Bertz CT molecular complexity index is 248. The van der Waals surface area contributed by atoms with Crippen LogP contribution in [0.3, 0.4) is 0 Å². The molecule has 5 nitrogen and oxygen atoms in total. The smallest absolute Gasteiger partial charge is 0.239 e. The van der Waals surface area contributed by atoms with Gasteiger partial charge in [0.25, 0.3) is 0 Å². The summed E-state index contributed by atoms with van der Waals surface area (Å²) in [5.41, 5.74) is 5.89. The summed E-state index contributed by atoms with van der Waals surface area (Å²) in [5.74, 6) is -0.0206. The lowest BCUT2D eigenvalue weighted by atomic mass is 10.1. The molecule has 5 heteroatoms. The monoisotopic (exact) mass is 244 g/mol. The average Bonchev–Trinajstić information content (AvgIpc) is 2.35. The molecule has 3 atom stereocenters. The Morgan fingerprint density at radius 2 is 2.35 bits per heavy atom. The van der Waals surface area contributed by atoms with Crippen molar-refractivity contribution in [2.45, 2.75) is 51.3 Å². The molecule has 0 aromatic heterocycles. The molecule has 100 valence electrons. The normalized spacial score (nSPS) is 26.9. The van der Waals surface area contributed by atoms with E-state index in [0.717, 1.165) is 19.3 Å². The minimum absolute atomic E-state index is 0.0206. The van der Waals surface area contributed by atoms with Crippen molar-refractivity contribution in [3.63, 3.8) is 0 Å². The topological polar surface area (TPSA) is 75.8 Å². The molecule has 1 aliphatic rings. The summed E-state index contributed by atoms with van der Waals surface area (Å²) in [6, 6.07) is -0.382. The number of aliphatic hydroxyl groups excluding tert-OH is 1. The van der Waals surface area contributed by atoms with Gasteiger partial charge in [-0.3, -0.25) is 4.79 Å². The highest BCUT2D eigenvalue weighted by Crippen LogP contribution is 2.14. The van der Waals surface area contributed by atoms with Crippen molar-refractivity contribution < 1.29 is 14.6 Å². The number of amides is 1. The molecule has 0 radical (unpaired) electrons. The zero-order valence-electron chi connectivity index (χ0n) is 10.8. The summed E-state index contributed by atoms with van der Waals surface area (Å²) in [6.45, 7) is 4.88.